The molecule has 0 atom stereocenters. The smallest absolute Gasteiger partial charge is 0.193 e. The van der Waals surface area contributed by atoms with Crippen molar-refractivity contribution in [2.24, 2.45) is 0 Å². The maximum Gasteiger partial charge on any atom is 0.193 e. The fourth-order valence-corrected chi connectivity index (χ4v) is 2.75. The van der Waals surface area contributed by atoms with Crippen LogP contribution in [-0.2, 0) is 5.60 Å². The van der Waals surface area contributed by atoms with E-state index in [4.69, 9.17) is 0 Å². The molecule has 0 unspecified atom stereocenters. The highest BCUT2D eigenvalue weighted by Crippen LogP contribution is 2.41. The standard InChI is InChI=1S/C16H14O2/c1-2-16(18)13-9-5-3-7-11(13)15(17)12-8-4-6-10-14(12)16/h3-10,18H,2H2,1H3. The second-order valence-corrected chi connectivity index (χ2v) is 4.63. The topological polar surface area (TPSA) is 37.3 Å². The number of fused-ring (bicyclic) bond motifs is 2. The van der Waals surface area contributed by atoms with Gasteiger partial charge in [-0.1, -0.05) is 55.5 Å². The van der Waals surface area contributed by atoms with Gasteiger partial charge in [-0.15, -0.1) is 0 Å². The van der Waals surface area contributed by atoms with Gasteiger partial charge >= 0.3 is 0 Å². The molecule has 1 aliphatic rings. The van der Waals surface area contributed by atoms with E-state index in [9.17, 15) is 9.90 Å². The molecule has 0 bridgehead atoms. The maximum absolute atomic E-state index is 12.4. The lowest BCUT2D eigenvalue weighted by Crippen LogP contribution is -2.34. The molecule has 0 saturated carbocycles. The number of ketones is 1. The minimum atomic E-state index is -1.05. The first kappa shape index (κ1) is 11.2. The molecule has 90 valence electrons. The summed E-state index contributed by atoms with van der Waals surface area (Å²) in [6.45, 7) is 1.93. The molecular weight excluding hydrogens is 224 g/mol. The molecule has 0 amide bonds. The van der Waals surface area contributed by atoms with E-state index in [0.29, 0.717) is 17.5 Å². The van der Waals surface area contributed by atoms with Crippen LogP contribution in [-0.4, -0.2) is 10.9 Å². The van der Waals surface area contributed by atoms with Gasteiger partial charge in [0.25, 0.3) is 0 Å². The van der Waals surface area contributed by atoms with Gasteiger partial charge in [0, 0.05) is 11.1 Å². The summed E-state index contributed by atoms with van der Waals surface area (Å²) in [5.74, 6) is -0.000625. The van der Waals surface area contributed by atoms with Crippen molar-refractivity contribution in [2.75, 3.05) is 0 Å². The number of aliphatic hydroxyl groups is 1. The summed E-state index contributed by atoms with van der Waals surface area (Å²) >= 11 is 0. The first-order valence-electron chi connectivity index (χ1n) is 6.14. The molecule has 2 aromatic carbocycles. The molecule has 2 nitrogen and oxygen atoms in total. The van der Waals surface area contributed by atoms with E-state index in [1.165, 1.54) is 0 Å². The third-order valence-electron chi connectivity index (χ3n) is 3.75. The van der Waals surface area contributed by atoms with Gasteiger partial charge in [0.05, 0.1) is 0 Å². The molecule has 0 saturated heterocycles. The first-order chi connectivity index (χ1) is 8.68. The van der Waals surface area contributed by atoms with Crippen LogP contribution in [0.25, 0.3) is 0 Å². The molecule has 0 spiro atoms. The van der Waals surface area contributed by atoms with Crippen LogP contribution in [0.2, 0.25) is 0 Å². The van der Waals surface area contributed by atoms with Crippen LogP contribution in [0.4, 0.5) is 0 Å². The van der Waals surface area contributed by atoms with Gasteiger partial charge in [-0.3, -0.25) is 4.79 Å². The second kappa shape index (κ2) is 3.79. The van der Waals surface area contributed by atoms with Crippen LogP contribution in [0.3, 0.4) is 0 Å². The highest BCUT2D eigenvalue weighted by atomic mass is 16.3. The Morgan fingerprint density at radius 2 is 1.39 bits per heavy atom. The first-order valence-corrected chi connectivity index (χ1v) is 6.14. The number of hydrogen-bond donors (Lipinski definition) is 1. The van der Waals surface area contributed by atoms with Crippen LogP contribution in [0.1, 0.15) is 40.4 Å². The predicted molar refractivity (Wildman–Crippen MR) is 69.6 cm³/mol. The van der Waals surface area contributed by atoms with E-state index in [1.54, 1.807) is 12.1 Å². The van der Waals surface area contributed by atoms with E-state index < -0.39 is 5.60 Å². The second-order valence-electron chi connectivity index (χ2n) is 4.63. The number of carbonyl (C=O) groups excluding carboxylic acids is 1. The monoisotopic (exact) mass is 238 g/mol. The van der Waals surface area contributed by atoms with Crippen molar-refractivity contribution in [2.45, 2.75) is 18.9 Å². The molecule has 0 heterocycles. The van der Waals surface area contributed by atoms with Gasteiger partial charge in [0.1, 0.15) is 5.60 Å². The molecule has 0 aromatic heterocycles. The van der Waals surface area contributed by atoms with Gasteiger partial charge in [-0.2, -0.15) is 0 Å². The fraction of sp³-hybridized carbons (Fsp3) is 0.188. The summed E-state index contributed by atoms with van der Waals surface area (Å²) in [5.41, 5.74) is 1.61. The maximum atomic E-state index is 12.4. The number of benzene rings is 2. The highest BCUT2D eigenvalue weighted by molar-refractivity contribution is 6.13. The van der Waals surface area contributed by atoms with Gasteiger partial charge in [-0.05, 0) is 17.5 Å². The average Bonchev–Trinajstić information content (AvgIpc) is 2.45. The zero-order valence-corrected chi connectivity index (χ0v) is 10.2. The molecular formula is C16H14O2. The summed E-state index contributed by atoms with van der Waals surface area (Å²) in [5, 5.41) is 10.9. The van der Waals surface area contributed by atoms with Gasteiger partial charge in [-0.25, -0.2) is 0 Å². The van der Waals surface area contributed by atoms with Crippen LogP contribution in [0, 0.1) is 0 Å². The Labute approximate surface area is 106 Å². The van der Waals surface area contributed by atoms with Crippen molar-refractivity contribution in [3.63, 3.8) is 0 Å². The Hall–Kier alpha value is -1.93. The van der Waals surface area contributed by atoms with Crippen molar-refractivity contribution in [3.8, 4) is 0 Å². The van der Waals surface area contributed by atoms with Crippen LogP contribution < -0.4 is 0 Å². The normalized spacial score (nSPS) is 16.0. The lowest BCUT2D eigenvalue weighted by molar-refractivity contribution is 0.0684. The number of rotatable bonds is 1. The Morgan fingerprint density at radius 1 is 0.944 bits per heavy atom. The Bertz CT molecular complexity index is 579. The summed E-state index contributed by atoms with van der Waals surface area (Å²) in [6, 6.07) is 14.6. The summed E-state index contributed by atoms with van der Waals surface area (Å²) in [6.07, 6.45) is 0.550. The Morgan fingerprint density at radius 3 is 1.83 bits per heavy atom. The van der Waals surface area contributed by atoms with Gasteiger partial charge in [0.15, 0.2) is 5.78 Å². The van der Waals surface area contributed by atoms with Gasteiger partial charge in [0.2, 0.25) is 0 Å². The van der Waals surface area contributed by atoms with Crippen LogP contribution >= 0.6 is 0 Å². The third kappa shape index (κ3) is 1.30. The summed E-state index contributed by atoms with van der Waals surface area (Å²) in [4.78, 5) is 12.4. The molecule has 2 heteroatoms. The van der Waals surface area contributed by atoms with Crippen molar-refractivity contribution < 1.29 is 9.90 Å². The minimum absolute atomic E-state index is 0.000625. The van der Waals surface area contributed by atoms with Gasteiger partial charge < -0.3 is 5.11 Å². The zero-order chi connectivity index (χ0) is 12.8. The SMILES string of the molecule is CCC1(O)c2ccccc2C(=O)c2ccccc21. The number of hydrogen-bond acceptors (Lipinski definition) is 2. The van der Waals surface area contributed by atoms with Crippen molar-refractivity contribution >= 4 is 5.78 Å². The summed E-state index contributed by atoms with van der Waals surface area (Å²) in [7, 11) is 0. The van der Waals surface area contributed by atoms with E-state index in [2.05, 4.69) is 0 Å². The fourth-order valence-electron chi connectivity index (χ4n) is 2.75. The lowest BCUT2D eigenvalue weighted by atomic mass is 9.73. The molecule has 3 rings (SSSR count). The van der Waals surface area contributed by atoms with Crippen LogP contribution in [0.15, 0.2) is 48.5 Å². The third-order valence-corrected chi connectivity index (χ3v) is 3.75. The van der Waals surface area contributed by atoms with Crippen molar-refractivity contribution in [3.05, 3.63) is 70.8 Å². The van der Waals surface area contributed by atoms with E-state index in [1.807, 2.05) is 43.3 Å². The molecule has 0 aliphatic heterocycles. The molecule has 0 fully saturated rings. The molecule has 0 radical (unpaired) electrons. The minimum Gasteiger partial charge on any atom is -0.380 e. The molecule has 2 aromatic rings. The summed E-state index contributed by atoms with van der Waals surface area (Å²) < 4.78 is 0. The van der Waals surface area contributed by atoms with Crippen LogP contribution in [0.5, 0.6) is 0 Å². The zero-order valence-electron chi connectivity index (χ0n) is 10.2. The quantitative estimate of drug-likeness (QED) is 0.829. The molecule has 1 N–H and O–H groups in total. The average molecular weight is 238 g/mol. The van der Waals surface area contributed by atoms with Crippen molar-refractivity contribution in [1.29, 1.82) is 0 Å². The molecule has 18 heavy (non-hydrogen) atoms. The van der Waals surface area contributed by atoms with E-state index >= 15 is 0 Å². The lowest BCUT2D eigenvalue weighted by Gasteiger charge is -2.35. The van der Waals surface area contributed by atoms with E-state index in [0.717, 1.165) is 11.1 Å². The Kier molecular flexibility index (Phi) is 2.35. The highest BCUT2D eigenvalue weighted by Gasteiger charge is 2.40. The predicted octanol–water partition coefficient (Wildman–Crippen LogP) is 2.88. The molecule has 1 aliphatic carbocycles. The largest absolute Gasteiger partial charge is 0.380 e. The van der Waals surface area contributed by atoms with E-state index in [-0.39, 0.29) is 5.78 Å². The van der Waals surface area contributed by atoms with Crippen molar-refractivity contribution in [1.82, 2.24) is 0 Å². The number of carbonyl (C=O) groups is 1. The Balaban J connectivity index is 2.38.